The molecule has 0 fully saturated rings. The van der Waals surface area contributed by atoms with Gasteiger partial charge in [-0.05, 0) is 31.7 Å². The first-order chi connectivity index (χ1) is 13.4. The van der Waals surface area contributed by atoms with Crippen LogP contribution in [0, 0.1) is 13.8 Å². The minimum atomic E-state index is -0.404. The molecule has 0 unspecified atom stereocenters. The Morgan fingerprint density at radius 1 is 1.18 bits per heavy atom. The molecule has 0 aliphatic carbocycles. The van der Waals surface area contributed by atoms with Gasteiger partial charge < -0.3 is 14.5 Å². The van der Waals surface area contributed by atoms with Gasteiger partial charge in [-0.15, -0.1) is 0 Å². The molecule has 0 aliphatic heterocycles. The maximum atomic E-state index is 12.9. The van der Waals surface area contributed by atoms with Crippen LogP contribution in [0.3, 0.4) is 0 Å². The Hall–Kier alpha value is -2.94. The number of aryl methyl sites for hydroxylation is 2. The number of carbonyl (C=O) groups excluding carboxylic acids is 1. The van der Waals surface area contributed by atoms with Gasteiger partial charge in [-0.1, -0.05) is 11.8 Å². The molecule has 0 aromatic carbocycles. The highest BCUT2D eigenvalue weighted by Gasteiger charge is 2.17. The number of pyridine rings is 1. The zero-order chi connectivity index (χ0) is 20.3. The number of imidazole rings is 1. The molecule has 3 aromatic rings. The Morgan fingerprint density at radius 3 is 2.61 bits per heavy atom. The number of rotatable bonds is 6. The van der Waals surface area contributed by atoms with Crippen molar-refractivity contribution in [3.05, 3.63) is 69.4 Å². The number of carbonyl (C=O) groups is 1. The summed E-state index contributed by atoms with van der Waals surface area (Å²) in [5, 5.41) is 3.69. The van der Waals surface area contributed by atoms with E-state index in [-0.39, 0.29) is 17.7 Å². The molecule has 0 bridgehead atoms. The summed E-state index contributed by atoms with van der Waals surface area (Å²) in [6, 6.07) is 1.76. The van der Waals surface area contributed by atoms with Crippen molar-refractivity contribution in [2.24, 2.45) is 7.05 Å². The number of hydrogen-bond donors (Lipinski definition) is 1. The van der Waals surface area contributed by atoms with Crippen LogP contribution in [0.15, 0.2) is 40.8 Å². The van der Waals surface area contributed by atoms with Crippen molar-refractivity contribution in [1.29, 1.82) is 0 Å². The second-order valence-corrected chi connectivity index (χ2v) is 7.21. The third kappa shape index (κ3) is 4.14. The van der Waals surface area contributed by atoms with Gasteiger partial charge in [0.15, 0.2) is 5.16 Å². The van der Waals surface area contributed by atoms with Crippen LogP contribution >= 0.6 is 11.8 Å². The zero-order valence-electron chi connectivity index (χ0n) is 16.3. The predicted octanol–water partition coefficient (Wildman–Crippen LogP) is 1.69. The predicted molar refractivity (Wildman–Crippen MR) is 107 cm³/mol. The minimum Gasteiger partial charge on any atom is -0.346 e. The van der Waals surface area contributed by atoms with Crippen molar-refractivity contribution in [3.8, 4) is 0 Å². The van der Waals surface area contributed by atoms with E-state index in [1.807, 2.05) is 24.8 Å². The maximum Gasteiger partial charge on any atom is 0.264 e. The number of thioether (sulfide) groups is 1. The molecule has 0 spiro atoms. The average molecular weight is 398 g/mol. The van der Waals surface area contributed by atoms with E-state index in [1.54, 1.807) is 37.8 Å². The number of aromatic nitrogens is 5. The van der Waals surface area contributed by atoms with E-state index in [1.165, 1.54) is 16.3 Å². The summed E-state index contributed by atoms with van der Waals surface area (Å²) in [6.07, 6.45) is 8.62. The van der Waals surface area contributed by atoms with Gasteiger partial charge in [0.1, 0.15) is 5.56 Å². The largest absolute Gasteiger partial charge is 0.346 e. The van der Waals surface area contributed by atoms with E-state index in [9.17, 15) is 9.59 Å². The Bertz CT molecular complexity index is 1060. The summed E-state index contributed by atoms with van der Waals surface area (Å²) in [4.78, 5) is 38.3. The van der Waals surface area contributed by atoms with Gasteiger partial charge >= 0.3 is 0 Å². The van der Waals surface area contributed by atoms with Crippen LogP contribution in [0.5, 0.6) is 0 Å². The first-order valence-electron chi connectivity index (χ1n) is 8.71. The molecular weight excluding hydrogens is 376 g/mol. The molecule has 0 aliphatic rings. The lowest BCUT2D eigenvalue weighted by molar-refractivity contribution is 0.0947. The van der Waals surface area contributed by atoms with Gasteiger partial charge in [0.05, 0.1) is 42.6 Å². The second-order valence-electron chi connectivity index (χ2n) is 6.43. The third-order valence-corrected chi connectivity index (χ3v) is 5.17. The molecule has 3 aromatic heterocycles. The van der Waals surface area contributed by atoms with Gasteiger partial charge in [0.25, 0.3) is 11.5 Å². The molecule has 9 heteroatoms. The van der Waals surface area contributed by atoms with E-state index in [0.29, 0.717) is 17.8 Å². The molecule has 0 atom stereocenters. The summed E-state index contributed by atoms with van der Waals surface area (Å²) in [7, 11) is 1.89. The fourth-order valence-electron chi connectivity index (χ4n) is 2.78. The van der Waals surface area contributed by atoms with E-state index >= 15 is 0 Å². The zero-order valence-corrected chi connectivity index (χ0v) is 17.1. The van der Waals surface area contributed by atoms with Crippen molar-refractivity contribution < 1.29 is 4.79 Å². The SMILES string of the molecule is CSc1ncc(CNC(=O)c2c(C)ccn(Cc3cnc(C)cn3)c2=O)n1C. The van der Waals surface area contributed by atoms with Gasteiger partial charge in [0, 0.05) is 19.4 Å². The number of nitrogens with one attached hydrogen (secondary N) is 1. The summed E-state index contributed by atoms with van der Waals surface area (Å²) < 4.78 is 3.38. The smallest absolute Gasteiger partial charge is 0.264 e. The molecule has 1 amide bonds. The summed E-state index contributed by atoms with van der Waals surface area (Å²) in [6.45, 7) is 4.15. The summed E-state index contributed by atoms with van der Waals surface area (Å²) in [5.74, 6) is -0.404. The van der Waals surface area contributed by atoms with Gasteiger partial charge in [-0.3, -0.25) is 19.6 Å². The number of hydrogen-bond acceptors (Lipinski definition) is 6. The fraction of sp³-hybridized carbons (Fsp3) is 0.316. The monoisotopic (exact) mass is 398 g/mol. The van der Waals surface area contributed by atoms with Crippen LogP contribution in [0.1, 0.15) is 33.0 Å². The highest BCUT2D eigenvalue weighted by Crippen LogP contribution is 2.13. The van der Waals surface area contributed by atoms with E-state index in [2.05, 4.69) is 20.3 Å². The van der Waals surface area contributed by atoms with Crippen molar-refractivity contribution in [1.82, 2.24) is 29.4 Å². The van der Waals surface area contributed by atoms with Crippen molar-refractivity contribution >= 4 is 17.7 Å². The number of nitrogens with zero attached hydrogens (tertiary/aromatic N) is 5. The Labute approximate surface area is 167 Å². The molecule has 3 rings (SSSR count). The lowest BCUT2D eigenvalue weighted by Crippen LogP contribution is -2.34. The standard InChI is InChI=1S/C19H22N6O2S/c1-12-5-6-25(11-14-8-20-13(2)7-21-14)18(27)16(12)17(26)22-9-15-10-23-19(28-4)24(15)3/h5-8,10H,9,11H2,1-4H3,(H,22,26). The van der Waals surface area contributed by atoms with Crippen molar-refractivity contribution in [2.75, 3.05) is 6.26 Å². The summed E-state index contributed by atoms with van der Waals surface area (Å²) in [5.41, 5.74) is 2.73. The van der Waals surface area contributed by atoms with Crippen LogP contribution in [0.4, 0.5) is 0 Å². The highest BCUT2D eigenvalue weighted by molar-refractivity contribution is 7.98. The second kappa shape index (κ2) is 8.39. The molecule has 3 heterocycles. The Kier molecular flexibility index (Phi) is 5.93. The average Bonchev–Trinajstić information content (AvgIpc) is 3.04. The molecule has 1 N–H and O–H groups in total. The van der Waals surface area contributed by atoms with Crippen molar-refractivity contribution in [3.63, 3.8) is 0 Å². The molecule has 0 saturated carbocycles. The van der Waals surface area contributed by atoms with Crippen LogP contribution in [0.2, 0.25) is 0 Å². The number of amides is 1. The third-order valence-electron chi connectivity index (χ3n) is 4.42. The maximum absolute atomic E-state index is 12.9. The molecular formula is C19H22N6O2S. The first-order valence-corrected chi connectivity index (χ1v) is 9.93. The normalized spacial score (nSPS) is 10.9. The fourth-order valence-corrected chi connectivity index (χ4v) is 3.33. The van der Waals surface area contributed by atoms with E-state index < -0.39 is 5.91 Å². The quantitative estimate of drug-likeness (QED) is 0.635. The molecule has 146 valence electrons. The van der Waals surface area contributed by atoms with Gasteiger partial charge in [0.2, 0.25) is 0 Å². The highest BCUT2D eigenvalue weighted by atomic mass is 32.2. The van der Waals surface area contributed by atoms with Gasteiger partial charge in [-0.2, -0.15) is 0 Å². The molecule has 8 nitrogen and oxygen atoms in total. The Balaban J connectivity index is 1.80. The van der Waals surface area contributed by atoms with Crippen LogP contribution in [0.25, 0.3) is 0 Å². The topological polar surface area (TPSA) is 94.7 Å². The van der Waals surface area contributed by atoms with Crippen LogP contribution in [-0.2, 0) is 20.1 Å². The lowest BCUT2D eigenvalue weighted by Gasteiger charge is -2.11. The van der Waals surface area contributed by atoms with E-state index in [4.69, 9.17) is 0 Å². The molecule has 28 heavy (non-hydrogen) atoms. The molecule has 0 saturated heterocycles. The van der Waals surface area contributed by atoms with Crippen LogP contribution in [-0.4, -0.2) is 36.2 Å². The summed E-state index contributed by atoms with van der Waals surface area (Å²) >= 11 is 1.53. The van der Waals surface area contributed by atoms with Crippen LogP contribution < -0.4 is 10.9 Å². The minimum absolute atomic E-state index is 0.134. The first kappa shape index (κ1) is 19.8. The van der Waals surface area contributed by atoms with Gasteiger partial charge in [-0.25, -0.2) is 4.98 Å². The van der Waals surface area contributed by atoms with Crippen molar-refractivity contribution in [2.45, 2.75) is 32.1 Å². The lowest BCUT2D eigenvalue weighted by atomic mass is 10.1. The van der Waals surface area contributed by atoms with E-state index in [0.717, 1.165) is 16.5 Å². The molecule has 0 radical (unpaired) electrons. The Morgan fingerprint density at radius 2 is 1.96 bits per heavy atom.